The Morgan fingerprint density at radius 1 is 1.40 bits per heavy atom. The summed E-state index contributed by atoms with van der Waals surface area (Å²) >= 11 is 1.80. The van der Waals surface area contributed by atoms with Crippen LogP contribution in [0.3, 0.4) is 0 Å². The molecular weight excluding hydrogens is 208 g/mol. The lowest BCUT2D eigenvalue weighted by Gasteiger charge is -2.16. The van der Waals surface area contributed by atoms with Crippen LogP contribution in [0.5, 0.6) is 0 Å². The summed E-state index contributed by atoms with van der Waals surface area (Å²) in [5, 5.41) is 2.90. The predicted molar refractivity (Wildman–Crippen MR) is 68.0 cm³/mol. The highest BCUT2D eigenvalue weighted by atomic mass is 32.2. The Labute approximate surface area is 97.6 Å². The molecule has 3 N–H and O–H groups in total. The van der Waals surface area contributed by atoms with Gasteiger partial charge in [-0.25, -0.2) is 0 Å². The van der Waals surface area contributed by atoms with Crippen LogP contribution < -0.4 is 11.1 Å². The predicted octanol–water partition coefficient (Wildman–Crippen LogP) is 1.48. The van der Waals surface area contributed by atoms with Crippen molar-refractivity contribution >= 4 is 17.7 Å². The first-order chi connectivity index (χ1) is 6.97. The van der Waals surface area contributed by atoms with E-state index in [4.69, 9.17) is 5.73 Å². The lowest BCUT2D eigenvalue weighted by molar-refractivity contribution is -0.122. The van der Waals surface area contributed by atoms with E-state index in [1.54, 1.807) is 11.8 Å². The smallest absolute Gasteiger partial charge is 0.236 e. The van der Waals surface area contributed by atoms with Gasteiger partial charge in [0.1, 0.15) is 0 Å². The van der Waals surface area contributed by atoms with Gasteiger partial charge in [0.05, 0.1) is 6.04 Å². The third-order valence-corrected chi connectivity index (χ3v) is 3.04. The molecule has 15 heavy (non-hydrogen) atoms. The molecule has 0 rings (SSSR count). The topological polar surface area (TPSA) is 55.1 Å². The average molecular weight is 232 g/mol. The van der Waals surface area contributed by atoms with Gasteiger partial charge in [0.2, 0.25) is 5.91 Å². The first kappa shape index (κ1) is 14.8. The van der Waals surface area contributed by atoms with Crippen molar-refractivity contribution in [2.24, 2.45) is 17.6 Å². The fourth-order valence-corrected chi connectivity index (χ4v) is 2.05. The standard InChI is InChI=1S/C11H24N2OS/c1-8(2)5-10(12)11(14)13-6-9(3)7-15-4/h8-10H,5-7,12H2,1-4H3,(H,13,14)/t9?,10-/m1/s1. The fourth-order valence-electron chi connectivity index (χ4n) is 1.36. The molecule has 1 amide bonds. The fraction of sp³-hybridized carbons (Fsp3) is 0.909. The van der Waals surface area contributed by atoms with E-state index in [0.717, 1.165) is 18.7 Å². The van der Waals surface area contributed by atoms with Crippen molar-refractivity contribution < 1.29 is 4.79 Å². The maximum atomic E-state index is 11.5. The molecule has 0 saturated carbocycles. The number of nitrogens with one attached hydrogen (secondary N) is 1. The van der Waals surface area contributed by atoms with Crippen molar-refractivity contribution in [2.45, 2.75) is 33.2 Å². The number of carbonyl (C=O) groups excluding carboxylic acids is 1. The molecule has 90 valence electrons. The van der Waals surface area contributed by atoms with Crippen LogP contribution >= 0.6 is 11.8 Å². The Hall–Kier alpha value is -0.220. The van der Waals surface area contributed by atoms with Crippen LogP contribution in [0.2, 0.25) is 0 Å². The summed E-state index contributed by atoms with van der Waals surface area (Å²) in [6.07, 6.45) is 2.82. The van der Waals surface area contributed by atoms with Gasteiger partial charge in [0, 0.05) is 6.54 Å². The molecule has 0 radical (unpaired) electrons. The maximum absolute atomic E-state index is 11.5. The molecule has 0 aromatic rings. The molecule has 0 spiro atoms. The summed E-state index contributed by atoms with van der Waals surface area (Å²) in [6, 6.07) is -0.355. The molecule has 4 heteroatoms. The first-order valence-electron chi connectivity index (χ1n) is 5.49. The highest BCUT2D eigenvalue weighted by Gasteiger charge is 2.15. The lowest BCUT2D eigenvalue weighted by atomic mass is 10.0. The van der Waals surface area contributed by atoms with Crippen LogP contribution in [0, 0.1) is 11.8 Å². The third-order valence-electron chi connectivity index (χ3n) is 2.14. The summed E-state index contributed by atoms with van der Waals surface area (Å²) in [4.78, 5) is 11.5. The zero-order chi connectivity index (χ0) is 11.8. The minimum absolute atomic E-state index is 0.0170. The minimum atomic E-state index is -0.355. The van der Waals surface area contributed by atoms with E-state index >= 15 is 0 Å². The van der Waals surface area contributed by atoms with Crippen LogP contribution in [0.1, 0.15) is 27.2 Å². The first-order valence-corrected chi connectivity index (χ1v) is 6.89. The van der Waals surface area contributed by atoms with Crippen molar-refractivity contribution in [3.8, 4) is 0 Å². The minimum Gasteiger partial charge on any atom is -0.354 e. The van der Waals surface area contributed by atoms with Crippen LogP contribution in [0.15, 0.2) is 0 Å². The molecule has 0 aliphatic rings. The second-order valence-corrected chi connectivity index (χ2v) is 5.45. The van der Waals surface area contributed by atoms with E-state index < -0.39 is 0 Å². The molecule has 0 aliphatic carbocycles. The van der Waals surface area contributed by atoms with Crippen LogP contribution in [0.25, 0.3) is 0 Å². The molecule has 0 aromatic heterocycles. The molecule has 0 heterocycles. The highest BCUT2D eigenvalue weighted by Crippen LogP contribution is 2.04. The van der Waals surface area contributed by atoms with Crippen molar-refractivity contribution in [3.05, 3.63) is 0 Å². The van der Waals surface area contributed by atoms with Crippen molar-refractivity contribution in [3.63, 3.8) is 0 Å². The highest BCUT2D eigenvalue weighted by molar-refractivity contribution is 7.98. The SMILES string of the molecule is CSCC(C)CNC(=O)[C@H](N)CC(C)C. The zero-order valence-electron chi connectivity index (χ0n) is 10.2. The van der Waals surface area contributed by atoms with E-state index in [1.807, 2.05) is 0 Å². The van der Waals surface area contributed by atoms with E-state index in [1.165, 1.54) is 0 Å². The number of hydrogen-bond acceptors (Lipinski definition) is 3. The molecule has 3 nitrogen and oxygen atoms in total. The largest absolute Gasteiger partial charge is 0.354 e. The third kappa shape index (κ3) is 7.68. The number of nitrogens with two attached hydrogens (primary N) is 1. The summed E-state index contributed by atoms with van der Waals surface area (Å²) < 4.78 is 0. The Morgan fingerprint density at radius 3 is 2.47 bits per heavy atom. The van der Waals surface area contributed by atoms with Gasteiger partial charge in [-0.3, -0.25) is 4.79 Å². The van der Waals surface area contributed by atoms with Gasteiger partial charge in [-0.05, 0) is 30.3 Å². The van der Waals surface area contributed by atoms with Crippen molar-refractivity contribution in [1.82, 2.24) is 5.32 Å². The lowest BCUT2D eigenvalue weighted by Crippen LogP contribution is -2.43. The average Bonchev–Trinajstić information content (AvgIpc) is 2.13. The van der Waals surface area contributed by atoms with Crippen LogP contribution in [-0.2, 0) is 4.79 Å². The van der Waals surface area contributed by atoms with Gasteiger partial charge >= 0.3 is 0 Å². The Balaban J connectivity index is 3.72. The molecule has 0 aromatic carbocycles. The van der Waals surface area contributed by atoms with E-state index in [9.17, 15) is 4.79 Å². The summed E-state index contributed by atoms with van der Waals surface area (Å²) in [7, 11) is 0. The normalized spacial score (nSPS) is 15.1. The Kier molecular flexibility index (Phi) is 7.88. The van der Waals surface area contributed by atoms with E-state index in [0.29, 0.717) is 11.8 Å². The Morgan fingerprint density at radius 2 is 2.00 bits per heavy atom. The van der Waals surface area contributed by atoms with Gasteiger partial charge in [-0.1, -0.05) is 20.8 Å². The molecule has 0 saturated heterocycles. The van der Waals surface area contributed by atoms with Gasteiger partial charge < -0.3 is 11.1 Å². The van der Waals surface area contributed by atoms with E-state index in [2.05, 4.69) is 32.3 Å². The van der Waals surface area contributed by atoms with E-state index in [-0.39, 0.29) is 11.9 Å². The van der Waals surface area contributed by atoms with Crippen molar-refractivity contribution in [2.75, 3.05) is 18.6 Å². The van der Waals surface area contributed by atoms with Gasteiger partial charge in [0.15, 0.2) is 0 Å². The van der Waals surface area contributed by atoms with Crippen molar-refractivity contribution in [1.29, 1.82) is 0 Å². The van der Waals surface area contributed by atoms with Gasteiger partial charge in [-0.2, -0.15) is 11.8 Å². The molecule has 0 bridgehead atoms. The number of thioether (sulfide) groups is 1. The molecule has 2 atom stereocenters. The second kappa shape index (κ2) is 7.99. The number of carbonyl (C=O) groups is 1. The number of amides is 1. The summed E-state index contributed by atoms with van der Waals surface area (Å²) in [5.74, 6) is 2.03. The Bertz CT molecular complexity index is 185. The van der Waals surface area contributed by atoms with Gasteiger partial charge in [-0.15, -0.1) is 0 Å². The molecular formula is C11H24N2OS. The zero-order valence-corrected chi connectivity index (χ0v) is 11.1. The molecule has 0 aliphatic heterocycles. The number of rotatable bonds is 7. The number of hydrogen-bond donors (Lipinski definition) is 2. The molecule has 1 unspecified atom stereocenters. The maximum Gasteiger partial charge on any atom is 0.236 e. The quantitative estimate of drug-likeness (QED) is 0.699. The van der Waals surface area contributed by atoms with Gasteiger partial charge in [0.25, 0.3) is 0 Å². The molecule has 0 fully saturated rings. The summed E-state index contributed by atoms with van der Waals surface area (Å²) in [6.45, 7) is 7.00. The second-order valence-electron chi connectivity index (χ2n) is 4.54. The monoisotopic (exact) mass is 232 g/mol. The summed E-state index contributed by atoms with van der Waals surface area (Å²) in [5.41, 5.74) is 5.76. The van der Waals surface area contributed by atoms with Crippen LogP contribution in [-0.4, -0.2) is 30.5 Å². The van der Waals surface area contributed by atoms with Crippen LogP contribution in [0.4, 0.5) is 0 Å².